The molecule has 0 amide bonds. The molecule has 0 radical (unpaired) electrons. The van der Waals surface area contributed by atoms with Gasteiger partial charge in [0.2, 0.25) is 5.78 Å². The van der Waals surface area contributed by atoms with Crippen molar-refractivity contribution < 1.29 is 22.4 Å². The van der Waals surface area contributed by atoms with Crippen molar-refractivity contribution in [2.24, 2.45) is 0 Å². The van der Waals surface area contributed by atoms with Gasteiger partial charge < -0.3 is 4.42 Å². The van der Waals surface area contributed by atoms with Gasteiger partial charge in [0.15, 0.2) is 5.76 Å². The fourth-order valence-corrected chi connectivity index (χ4v) is 1.72. The van der Waals surface area contributed by atoms with Crippen LogP contribution in [-0.2, 0) is 6.18 Å². The van der Waals surface area contributed by atoms with Crippen LogP contribution in [0.4, 0.5) is 13.2 Å². The Labute approximate surface area is 113 Å². The molecule has 0 fully saturated rings. The molecule has 20 heavy (non-hydrogen) atoms. The summed E-state index contributed by atoms with van der Waals surface area (Å²) in [5, 5.41) is 0. The van der Waals surface area contributed by atoms with Crippen LogP contribution in [0.1, 0.15) is 27.4 Å². The average molecular weight is 280 g/mol. The maximum absolute atomic E-state index is 12.8. The summed E-state index contributed by atoms with van der Waals surface area (Å²) in [6, 6.07) is 8.16. The van der Waals surface area contributed by atoms with Crippen LogP contribution in [0.3, 0.4) is 0 Å². The number of allylic oxidation sites excluding steroid dienone is 1. The second-order valence-electron chi connectivity index (χ2n) is 4.19. The van der Waals surface area contributed by atoms with Gasteiger partial charge in [0.05, 0.1) is 5.56 Å². The maximum atomic E-state index is 12.8. The van der Waals surface area contributed by atoms with E-state index in [0.29, 0.717) is 5.76 Å². The Hall–Kier alpha value is -2.30. The Bertz CT molecular complexity index is 651. The average Bonchev–Trinajstić information content (AvgIpc) is 2.82. The summed E-state index contributed by atoms with van der Waals surface area (Å²) in [6.45, 7) is 1.68. The lowest BCUT2D eigenvalue weighted by Gasteiger charge is -2.09. The monoisotopic (exact) mass is 280 g/mol. The fraction of sp³-hybridized carbons (Fsp3) is 0.133. The third kappa shape index (κ3) is 3.17. The molecule has 0 aliphatic heterocycles. The highest BCUT2D eigenvalue weighted by atomic mass is 19.4. The quantitative estimate of drug-likeness (QED) is 0.612. The second kappa shape index (κ2) is 5.36. The first-order valence-corrected chi connectivity index (χ1v) is 5.83. The van der Waals surface area contributed by atoms with Crippen LogP contribution in [0.2, 0.25) is 0 Å². The van der Waals surface area contributed by atoms with Gasteiger partial charge in [0, 0.05) is 0 Å². The molecule has 2 aromatic rings. The molecule has 0 saturated carbocycles. The van der Waals surface area contributed by atoms with Crippen LogP contribution in [0.5, 0.6) is 0 Å². The number of benzene rings is 1. The number of aryl methyl sites for hydroxylation is 1. The number of alkyl halides is 3. The van der Waals surface area contributed by atoms with Crippen LogP contribution < -0.4 is 0 Å². The summed E-state index contributed by atoms with van der Waals surface area (Å²) in [5.41, 5.74) is -0.837. The minimum Gasteiger partial charge on any atom is -0.458 e. The Balaban J connectivity index is 2.26. The van der Waals surface area contributed by atoms with Crippen LogP contribution in [-0.4, -0.2) is 5.78 Å². The van der Waals surface area contributed by atoms with Crippen LogP contribution in [0.25, 0.3) is 6.08 Å². The van der Waals surface area contributed by atoms with Crippen molar-refractivity contribution in [2.75, 3.05) is 0 Å². The number of hydrogen-bond donors (Lipinski definition) is 0. The van der Waals surface area contributed by atoms with Gasteiger partial charge in [0.25, 0.3) is 0 Å². The number of carbonyl (C=O) groups excluding carboxylic acids is 1. The highest BCUT2D eigenvalue weighted by Gasteiger charge is 2.32. The summed E-state index contributed by atoms with van der Waals surface area (Å²) in [6.07, 6.45) is -2.24. The maximum Gasteiger partial charge on any atom is 0.416 e. The number of halogens is 3. The highest BCUT2D eigenvalue weighted by Crippen LogP contribution is 2.32. The highest BCUT2D eigenvalue weighted by molar-refractivity contribution is 6.04. The molecule has 5 heteroatoms. The molecule has 0 N–H and O–H groups in total. The zero-order valence-corrected chi connectivity index (χ0v) is 10.6. The van der Waals surface area contributed by atoms with Gasteiger partial charge in [-0.2, -0.15) is 13.2 Å². The molecule has 0 saturated heterocycles. The van der Waals surface area contributed by atoms with Gasteiger partial charge >= 0.3 is 6.18 Å². The van der Waals surface area contributed by atoms with Gasteiger partial charge in [-0.3, -0.25) is 4.79 Å². The molecule has 0 bridgehead atoms. The molecule has 1 heterocycles. The molecular formula is C15H11F3O2. The lowest BCUT2D eigenvalue weighted by atomic mass is 10.1. The summed E-state index contributed by atoms with van der Waals surface area (Å²) in [7, 11) is 0. The van der Waals surface area contributed by atoms with E-state index >= 15 is 0 Å². The van der Waals surface area contributed by atoms with Crippen molar-refractivity contribution in [3.8, 4) is 0 Å². The van der Waals surface area contributed by atoms with Crippen molar-refractivity contribution in [2.45, 2.75) is 13.1 Å². The minimum absolute atomic E-state index is 0.0587. The van der Waals surface area contributed by atoms with Crippen molar-refractivity contribution in [3.05, 3.63) is 65.1 Å². The number of rotatable bonds is 3. The van der Waals surface area contributed by atoms with Gasteiger partial charge in [0.1, 0.15) is 5.76 Å². The van der Waals surface area contributed by atoms with E-state index in [1.54, 1.807) is 13.0 Å². The molecule has 1 aromatic carbocycles. The second-order valence-corrected chi connectivity index (χ2v) is 4.19. The van der Waals surface area contributed by atoms with E-state index in [1.165, 1.54) is 24.3 Å². The summed E-state index contributed by atoms with van der Waals surface area (Å²) in [5.74, 6) is 0.191. The first-order valence-electron chi connectivity index (χ1n) is 5.83. The largest absolute Gasteiger partial charge is 0.458 e. The Morgan fingerprint density at radius 3 is 2.45 bits per heavy atom. The minimum atomic E-state index is -4.45. The fourth-order valence-electron chi connectivity index (χ4n) is 1.72. The SMILES string of the molecule is Cc1ccc(C(=O)C=Cc2ccccc2C(F)(F)F)o1. The third-order valence-electron chi connectivity index (χ3n) is 2.66. The molecule has 2 nitrogen and oxygen atoms in total. The number of carbonyl (C=O) groups is 1. The smallest absolute Gasteiger partial charge is 0.416 e. The van der Waals surface area contributed by atoms with E-state index in [9.17, 15) is 18.0 Å². The molecule has 0 aliphatic rings. The van der Waals surface area contributed by atoms with E-state index in [0.717, 1.165) is 18.2 Å². The molecule has 1 aromatic heterocycles. The Kier molecular flexibility index (Phi) is 3.79. The first kappa shape index (κ1) is 14.1. The summed E-state index contributed by atoms with van der Waals surface area (Å²) >= 11 is 0. The normalized spacial score (nSPS) is 12.0. The standard InChI is InChI=1S/C15H11F3O2/c1-10-6-9-14(20-10)13(19)8-7-11-4-2-3-5-12(11)15(16,17)18/h2-9H,1H3. The van der Waals surface area contributed by atoms with Gasteiger partial charge in [-0.15, -0.1) is 0 Å². The van der Waals surface area contributed by atoms with E-state index in [1.807, 2.05) is 0 Å². The van der Waals surface area contributed by atoms with E-state index in [2.05, 4.69) is 0 Å². The van der Waals surface area contributed by atoms with E-state index in [-0.39, 0.29) is 11.3 Å². The lowest BCUT2D eigenvalue weighted by molar-refractivity contribution is -0.137. The van der Waals surface area contributed by atoms with E-state index in [4.69, 9.17) is 4.42 Å². The Morgan fingerprint density at radius 2 is 1.85 bits per heavy atom. The van der Waals surface area contributed by atoms with E-state index < -0.39 is 17.5 Å². The summed E-state index contributed by atoms with van der Waals surface area (Å²) < 4.78 is 43.4. The molecule has 2 rings (SSSR count). The van der Waals surface area contributed by atoms with Crippen molar-refractivity contribution in [1.29, 1.82) is 0 Å². The Morgan fingerprint density at radius 1 is 1.15 bits per heavy atom. The molecular weight excluding hydrogens is 269 g/mol. The number of hydrogen-bond acceptors (Lipinski definition) is 2. The lowest BCUT2D eigenvalue weighted by Crippen LogP contribution is -2.07. The van der Waals surface area contributed by atoms with Crippen molar-refractivity contribution in [1.82, 2.24) is 0 Å². The summed E-state index contributed by atoms with van der Waals surface area (Å²) in [4.78, 5) is 11.7. The molecule has 0 aliphatic carbocycles. The van der Waals surface area contributed by atoms with Crippen molar-refractivity contribution >= 4 is 11.9 Å². The van der Waals surface area contributed by atoms with Gasteiger partial charge in [-0.05, 0) is 36.8 Å². The van der Waals surface area contributed by atoms with Crippen LogP contribution in [0, 0.1) is 6.92 Å². The predicted molar refractivity (Wildman–Crippen MR) is 68.3 cm³/mol. The molecule has 0 atom stereocenters. The zero-order valence-electron chi connectivity index (χ0n) is 10.6. The molecule has 0 spiro atoms. The van der Waals surface area contributed by atoms with Crippen molar-refractivity contribution in [3.63, 3.8) is 0 Å². The molecule has 104 valence electrons. The number of ketones is 1. The zero-order chi connectivity index (χ0) is 14.8. The van der Waals surface area contributed by atoms with Crippen LogP contribution >= 0.6 is 0 Å². The van der Waals surface area contributed by atoms with Gasteiger partial charge in [-0.1, -0.05) is 24.3 Å². The van der Waals surface area contributed by atoms with Crippen LogP contribution in [0.15, 0.2) is 46.9 Å². The molecule has 0 unspecified atom stereocenters. The third-order valence-corrected chi connectivity index (χ3v) is 2.66. The van der Waals surface area contributed by atoms with Gasteiger partial charge in [-0.25, -0.2) is 0 Å². The topological polar surface area (TPSA) is 30.2 Å². The number of furan rings is 1. The predicted octanol–water partition coefficient (Wildman–Crippen LogP) is 4.50. The first-order chi connectivity index (χ1) is 9.38.